The molecule has 0 radical (unpaired) electrons. The lowest BCUT2D eigenvalue weighted by molar-refractivity contribution is -0.122. The second-order valence-corrected chi connectivity index (χ2v) is 12.2. The molecule has 2 aliphatic heterocycles. The number of carbonyl (C=O) groups excluding carboxylic acids is 2. The Labute approximate surface area is 234 Å². The topological polar surface area (TPSA) is 91.8 Å². The highest BCUT2D eigenvalue weighted by Crippen LogP contribution is 2.55. The predicted octanol–water partition coefficient (Wildman–Crippen LogP) is 6.77. The van der Waals surface area contributed by atoms with Gasteiger partial charge in [-0.25, -0.2) is 10.2 Å². The van der Waals surface area contributed by atoms with E-state index in [2.05, 4.69) is 41.6 Å². The van der Waals surface area contributed by atoms with Crippen molar-refractivity contribution in [2.45, 2.75) is 70.4 Å². The van der Waals surface area contributed by atoms with E-state index in [4.69, 9.17) is 27.9 Å². The van der Waals surface area contributed by atoms with Crippen molar-refractivity contribution in [3.05, 3.63) is 75.8 Å². The van der Waals surface area contributed by atoms with Crippen molar-refractivity contribution in [1.82, 2.24) is 10.7 Å². The number of rotatable bonds is 5. The third-order valence-electron chi connectivity index (χ3n) is 6.78. The van der Waals surface area contributed by atoms with Gasteiger partial charge in [0.2, 0.25) is 5.91 Å². The van der Waals surface area contributed by atoms with Crippen molar-refractivity contribution in [1.29, 1.82) is 0 Å². The van der Waals surface area contributed by atoms with Gasteiger partial charge in [0.05, 0.1) is 6.04 Å². The van der Waals surface area contributed by atoms with Gasteiger partial charge in [0.25, 0.3) is 0 Å². The summed E-state index contributed by atoms with van der Waals surface area (Å²) in [6, 6.07) is 12.5. The van der Waals surface area contributed by atoms with E-state index in [1.807, 2.05) is 24.3 Å². The SMILES string of the molecule is C=C(CC(C)C)[C@H]1N/C(=N\NC(=O)OC(C)(C)C)C[C@@H](c2cccc(Cl)c2)[C@]12C(=O)Nc1cc(Cl)ccc12. The van der Waals surface area contributed by atoms with E-state index in [1.54, 1.807) is 39.0 Å². The first-order valence-electron chi connectivity index (χ1n) is 12.7. The van der Waals surface area contributed by atoms with E-state index < -0.39 is 23.2 Å². The van der Waals surface area contributed by atoms with Gasteiger partial charge in [-0.1, -0.05) is 67.4 Å². The number of hydrogen-bond acceptors (Lipinski definition) is 4. The molecule has 4 rings (SSSR count). The summed E-state index contributed by atoms with van der Waals surface area (Å²) in [5.74, 6) is 0.290. The van der Waals surface area contributed by atoms with Crippen molar-refractivity contribution in [2.75, 3.05) is 5.32 Å². The van der Waals surface area contributed by atoms with E-state index in [1.165, 1.54) is 0 Å². The molecule has 1 fully saturated rings. The van der Waals surface area contributed by atoms with Gasteiger partial charge in [0.1, 0.15) is 16.9 Å². The Morgan fingerprint density at radius 1 is 1.21 bits per heavy atom. The lowest BCUT2D eigenvalue weighted by Crippen LogP contribution is -2.62. The summed E-state index contributed by atoms with van der Waals surface area (Å²) in [6.45, 7) is 14.0. The second kappa shape index (κ2) is 10.6. The maximum Gasteiger partial charge on any atom is 0.428 e. The molecule has 2 aliphatic rings. The third-order valence-corrected chi connectivity index (χ3v) is 7.25. The molecule has 0 bridgehead atoms. The van der Waals surface area contributed by atoms with Gasteiger partial charge in [0.15, 0.2) is 0 Å². The molecular formula is C29H34Cl2N4O3. The highest BCUT2D eigenvalue weighted by molar-refractivity contribution is 6.31. The fourth-order valence-corrected chi connectivity index (χ4v) is 5.89. The van der Waals surface area contributed by atoms with Gasteiger partial charge in [-0.3, -0.25) is 4.79 Å². The van der Waals surface area contributed by atoms with Crippen LogP contribution in [0.25, 0.3) is 0 Å². The predicted molar refractivity (Wildman–Crippen MR) is 153 cm³/mol. The largest absolute Gasteiger partial charge is 0.443 e. The number of nitrogens with one attached hydrogen (secondary N) is 3. The molecule has 2 heterocycles. The van der Waals surface area contributed by atoms with Gasteiger partial charge in [-0.15, -0.1) is 0 Å². The number of hydrazone groups is 1. The van der Waals surface area contributed by atoms with Gasteiger partial charge < -0.3 is 15.4 Å². The number of ether oxygens (including phenoxy) is 1. The van der Waals surface area contributed by atoms with Gasteiger partial charge in [-0.2, -0.15) is 5.10 Å². The summed E-state index contributed by atoms with van der Waals surface area (Å²) < 4.78 is 5.35. The number of amides is 2. The molecule has 202 valence electrons. The molecule has 1 saturated heterocycles. The summed E-state index contributed by atoms with van der Waals surface area (Å²) >= 11 is 12.7. The molecule has 9 heteroatoms. The molecule has 2 aromatic carbocycles. The van der Waals surface area contributed by atoms with Crippen LogP contribution in [0.3, 0.4) is 0 Å². The Balaban J connectivity index is 1.87. The van der Waals surface area contributed by atoms with Crippen LogP contribution in [0, 0.1) is 5.92 Å². The maximum atomic E-state index is 14.1. The minimum Gasteiger partial charge on any atom is -0.443 e. The fraction of sp³-hybridized carbons (Fsp3) is 0.414. The Morgan fingerprint density at radius 3 is 2.58 bits per heavy atom. The second-order valence-electron chi connectivity index (χ2n) is 11.3. The summed E-state index contributed by atoms with van der Waals surface area (Å²) in [4.78, 5) is 26.5. The Hall–Kier alpha value is -3.03. The van der Waals surface area contributed by atoms with Crippen LogP contribution >= 0.6 is 23.2 Å². The number of fused-ring (bicyclic) bond motifs is 2. The number of piperidine rings is 1. The average molecular weight is 558 g/mol. The van der Waals surface area contributed by atoms with E-state index in [-0.39, 0.29) is 11.8 Å². The first-order chi connectivity index (χ1) is 17.8. The third kappa shape index (κ3) is 5.54. The first-order valence-corrected chi connectivity index (χ1v) is 13.4. The van der Waals surface area contributed by atoms with Crippen LogP contribution in [0.1, 0.15) is 64.5 Å². The zero-order chi connectivity index (χ0) is 27.8. The molecule has 0 unspecified atom stereocenters. The minimum absolute atomic E-state index is 0.152. The smallest absolute Gasteiger partial charge is 0.428 e. The van der Waals surface area contributed by atoms with Crippen LogP contribution in [-0.2, 0) is 14.9 Å². The standard InChI is InChI=1S/C29H34Cl2N4O3/c1-16(2)12-17(3)25-29(21-11-10-20(31)14-23(21)32-26(29)36)22(18-8-7-9-19(30)13-18)15-24(33-25)34-35-27(37)38-28(4,5)6/h7-11,13-14,16,22,25H,3,12,15H2,1-2,4-6H3,(H,32,36)(H,33,34)(H,35,37)/t22-,25+,29-/m0/s1. The van der Waals surface area contributed by atoms with Crippen molar-refractivity contribution in [3.8, 4) is 0 Å². The molecular weight excluding hydrogens is 523 g/mol. The number of amidine groups is 1. The number of hydrogen-bond donors (Lipinski definition) is 3. The summed E-state index contributed by atoms with van der Waals surface area (Å²) in [5, 5.41) is 12.0. The van der Waals surface area contributed by atoms with Crippen molar-refractivity contribution >= 4 is 46.7 Å². The zero-order valence-electron chi connectivity index (χ0n) is 22.3. The van der Waals surface area contributed by atoms with E-state index in [0.29, 0.717) is 40.3 Å². The molecule has 0 aromatic heterocycles. The fourth-order valence-electron chi connectivity index (χ4n) is 5.52. The highest BCUT2D eigenvalue weighted by atomic mass is 35.5. The van der Waals surface area contributed by atoms with Crippen LogP contribution in [0.15, 0.2) is 59.7 Å². The molecule has 0 aliphatic carbocycles. The quantitative estimate of drug-likeness (QED) is 0.280. The summed E-state index contributed by atoms with van der Waals surface area (Å²) in [7, 11) is 0. The Morgan fingerprint density at radius 2 is 1.92 bits per heavy atom. The zero-order valence-corrected chi connectivity index (χ0v) is 23.8. The van der Waals surface area contributed by atoms with E-state index in [0.717, 1.165) is 16.7 Å². The van der Waals surface area contributed by atoms with Crippen LogP contribution in [0.5, 0.6) is 0 Å². The molecule has 3 N–H and O–H groups in total. The van der Waals surface area contributed by atoms with Gasteiger partial charge in [-0.05, 0) is 68.5 Å². The lowest BCUT2D eigenvalue weighted by Gasteiger charge is -2.48. The monoisotopic (exact) mass is 556 g/mol. The van der Waals surface area contributed by atoms with Crippen molar-refractivity contribution in [2.24, 2.45) is 11.0 Å². The van der Waals surface area contributed by atoms with Crippen molar-refractivity contribution < 1.29 is 14.3 Å². The summed E-state index contributed by atoms with van der Waals surface area (Å²) in [6.07, 6.45) is 0.351. The average Bonchev–Trinajstić information content (AvgIpc) is 3.07. The number of halogens is 2. The first kappa shape index (κ1) is 28.0. The normalized spacial score (nSPS) is 23.7. The van der Waals surface area contributed by atoms with Crippen LogP contribution in [0.4, 0.5) is 10.5 Å². The number of anilines is 1. The molecule has 2 aromatic rings. The van der Waals surface area contributed by atoms with Crippen LogP contribution < -0.4 is 16.1 Å². The van der Waals surface area contributed by atoms with Crippen LogP contribution in [-0.4, -0.2) is 29.5 Å². The van der Waals surface area contributed by atoms with Crippen molar-refractivity contribution in [3.63, 3.8) is 0 Å². The molecule has 1 spiro atoms. The molecule has 7 nitrogen and oxygen atoms in total. The number of carbonyl (C=O) groups is 2. The molecule has 38 heavy (non-hydrogen) atoms. The molecule has 0 saturated carbocycles. The Bertz CT molecular complexity index is 1300. The van der Waals surface area contributed by atoms with Gasteiger partial charge >= 0.3 is 6.09 Å². The van der Waals surface area contributed by atoms with Crippen LogP contribution in [0.2, 0.25) is 10.0 Å². The number of nitrogens with zero attached hydrogens (tertiary/aromatic N) is 1. The Kier molecular flexibility index (Phi) is 7.82. The molecule has 2 amide bonds. The molecule has 3 atom stereocenters. The lowest BCUT2D eigenvalue weighted by atomic mass is 9.58. The highest BCUT2D eigenvalue weighted by Gasteiger charge is 2.60. The van der Waals surface area contributed by atoms with E-state index >= 15 is 0 Å². The van der Waals surface area contributed by atoms with Gasteiger partial charge in [0, 0.05) is 28.1 Å². The number of benzene rings is 2. The van der Waals surface area contributed by atoms with E-state index in [9.17, 15) is 9.59 Å². The summed E-state index contributed by atoms with van der Waals surface area (Å²) in [5.41, 5.74) is 4.02. The maximum absolute atomic E-state index is 14.1. The minimum atomic E-state index is -1.05.